The predicted octanol–water partition coefficient (Wildman–Crippen LogP) is 8.70. The van der Waals surface area contributed by atoms with E-state index in [9.17, 15) is 19.2 Å². The SMILES string of the molecule is COC(=O)NC(C(=O)N1CCC[C@H]1c1ncc(-c2ccc3c(c2)C(F)(F)c2cc(-c4ccc5nc([C@@H]6[C@H]7CC[C@H](C7)N6C(=O)[C@H](NC(=O)OC)c6ccccc6)[nH]c5c4)ccc2-3)[nH]1)C1CCOCC1. The molecule has 17 heteroatoms. The van der Waals surface area contributed by atoms with Crippen LogP contribution in [0.3, 0.4) is 0 Å². The molecule has 2 aliphatic carbocycles. The van der Waals surface area contributed by atoms with Gasteiger partial charge in [-0.2, -0.15) is 8.78 Å². The number of nitrogens with one attached hydrogen (secondary N) is 4. The van der Waals surface area contributed by atoms with Crippen LogP contribution >= 0.6 is 0 Å². The summed E-state index contributed by atoms with van der Waals surface area (Å²) in [4.78, 5) is 73.4. The van der Waals surface area contributed by atoms with Gasteiger partial charge in [0.15, 0.2) is 0 Å². The molecule has 69 heavy (non-hydrogen) atoms. The lowest BCUT2D eigenvalue weighted by Gasteiger charge is -2.36. The lowest BCUT2D eigenvalue weighted by atomic mass is 9.90. The third-order valence-electron chi connectivity index (χ3n) is 15.0. The van der Waals surface area contributed by atoms with Crippen molar-refractivity contribution in [3.05, 3.63) is 119 Å². The Kier molecular flexibility index (Phi) is 11.4. The highest BCUT2D eigenvalue weighted by atomic mass is 19.3. The minimum Gasteiger partial charge on any atom is -0.453 e. The van der Waals surface area contributed by atoms with Crippen molar-refractivity contribution in [2.24, 2.45) is 11.8 Å². The number of piperidine rings is 1. The highest BCUT2D eigenvalue weighted by Gasteiger charge is 2.52. The Hall–Kier alpha value is -7.14. The molecule has 4 aromatic carbocycles. The van der Waals surface area contributed by atoms with Gasteiger partial charge in [-0.3, -0.25) is 9.59 Å². The summed E-state index contributed by atoms with van der Waals surface area (Å²) in [6.07, 6.45) is 5.52. The fourth-order valence-electron chi connectivity index (χ4n) is 11.6. The molecule has 15 nitrogen and oxygen atoms in total. The number of nitrogens with zero attached hydrogens (tertiary/aromatic N) is 4. The molecule has 1 saturated carbocycles. The van der Waals surface area contributed by atoms with Gasteiger partial charge in [0.1, 0.15) is 23.7 Å². The van der Waals surface area contributed by atoms with Gasteiger partial charge < -0.3 is 44.6 Å². The molecular weight excluding hydrogens is 887 g/mol. The lowest BCUT2D eigenvalue weighted by molar-refractivity contribution is -0.138. The van der Waals surface area contributed by atoms with Gasteiger partial charge in [0.2, 0.25) is 5.91 Å². The van der Waals surface area contributed by atoms with Crippen molar-refractivity contribution in [3.63, 3.8) is 0 Å². The van der Waals surface area contributed by atoms with Crippen LogP contribution in [-0.2, 0) is 29.7 Å². The zero-order valence-corrected chi connectivity index (χ0v) is 38.2. The average Bonchev–Trinajstić information content (AvgIpc) is 4.26. The van der Waals surface area contributed by atoms with Crippen molar-refractivity contribution in [1.82, 2.24) is 40.4 Å². The maximum atomic E-state index is 16.7. The molecule has 3 aliphatic heterocycles. The molecule has 6 aromatic rings. The van der Waals surface area contributed by atoms with Crippen LogP contribution in [0.1, 0.15) is 91.4 Å². The number of hydrogen-bond donors (Lipinski definition) is 4. The molecule has 1 unspecified atom stereocenters. The molecule has 3 saturated heterocycles. The number of carbonyl (C=O) groups is 4. The van der Waals surface area contributed by atoms with Gasteiger partial charge in [0.05, 0.1) is 49.2 Å². The van der Waals surface area contributed by atoms with Crippen LogP contribution in [0.5, 0.6) is 0 Å². The standard InChI is InChI=1S/C52H52F2N8O7/c1-67-50(65)59-43(29-18-21-69-22-19-29)48(63)61-20-6-9-42(61)46-55-27-41(58-46)32-12-16-36-35-15-11-30(24-37(35)52(53,54)38(36)25-32)31-13-17-39-40(26-31)57-47(56-39)45-33-10-14-34(23-33)62(45)49(64)44(60-51(66)68-2)28-7-4-3-5-8-28/h3-5,7-8,11-13,15-17,24-27,29,33-34,42-45H,6,9-10,14,18-23H2,1-2H3,(H,55,58)(H,56,57)(H,59,65)(H,60,66)/t33-,34+,42-,43?,44+,45-/m0/s1. The fraction of sp³-hybridized carbons (Fsp3) is 0.385. The maximum Gasteiger partial charge on any atom is 0.407 e. The van der Waals surface area contributed by atoms with Crippen LogP contribution in [-0.4, -0.2) is 99.8 Å². The molecule has 11 rings (SSSR count). The summed E-state index contributed by atoms with van der Waals surface area (Å²) in [7, 11) is 2.54. The number of imidazole rings is 2. The van der Waals surface area contributed by atoms with Gasteiger partial charge >= 0.3 is 12.2 Å². The number of rotatable bonds is 10. The van der Waals surface area contributed by atoms with E-state index in [4.69, 9.17) is 19.2 Å². The Balaban J connectivity index is 0.830. The average molecular weight is 939 g/mol. The number of amides is 4. The van der Waals surface area contributed by atoms with Gasteiger partial charge in [0.25, 0.3) is 11.8 Å². The number of likely N-dealkylation sites (tertiary alicyclic amines) is 2. The number of halogens is 2. The van der Waals surface area contributed by atoms with Crippen molar-refractivity contribution in [1.29, 1.82) is 0 Å². The van der Waals surface area contributed by atoms with E-state index >= 15 is 8.78 Å². The highest BCUT2D eigenvalue weighted by Crippen LogP contribution is 2.54. The van der Waals surface area contributed by atoms with Crippen LogP contribution in [0, 0.1) is 11.8 Å². The maximum absolute atomic E-state index is 16.7. The Morgan fingerprint density at radius 3 is 2.23 bits per heavy atom. The summed E-state index contributed by atoms with van der Waals surface area (Å²) in [5, 5.41) is 5.52. The van der Waals surface area contributed by atoms with E-state index < -0.39 is 30.2 Å². The molecule has 0 spiro atoms. The molecule has 2 bridgehead atoms. The molecule has 4 fully saturated rings. The molecule has 6 atom stereocenters. The van der Waals surface area contributed by atoms with Crippen LogP contribution in [0.2, 0.25) is 0 Å². The molecule has 2 aromatic heterocycles. The third-order valence-corrected chi connectivity index (χ3v) is 15.0. The second-order valence-electron chi connectivity index (χ2n) is 18.8. The Morgan fingerprint density at radius 2 is 1.48 bits per heavy atom. The lowest BCUT2D eigenvalue weighted by Crippen LogP contribution is -2.53. The van der Waals surface area contributed by atoms with Crippen molar-refractivity contribution >= 4 is 35.0 Å². The largest absolute Gasteiger partial charge is 0.453 e. The first kappa shape index (κ1) is 44.4. The van der Waals surface area contributed by atoms with E-state index in [0.29, 0.717) is 95.2 Å². The molecule has 0 radical (unpaired) electrons. The van der Waals surface area contributed by atoms with E-state index in [0.717, 1.165) is 31.2 Å². The van der Waals surface area contributed by atoms with Crippen LogP contribution in [0.25, 0.3) is 44.5 Å². The van der Waals surface area contributed by atoms with Gasteiger partial charge in [0, 0.05) is 42.5 Å². The van der Waals surface area contributed by atoms with E-state index in [1.165, 1.54) is 20.3 Å². The Morgan fingerprint density at radius 1 is 0.783 bits per heavy atom. The summed E-state index contributed by atoms with van der Waals surface area (Å²) in [6, 6.07) is 22.5. The van der Waals surface area contributed by atoms with Gasteiger partial charge in [-0.25, -0.2) is 19.6 Å². The first-order chi connectivity index (χ1) is 33.5. The number of fused-ring (bicyclic) bond motifs is 6. The summed E-state index contributed by atoms with van der Waals surface area (Å²) >= 11 is 0. The molecule has 5 aliphatic rings. The van der Waals surface area contributed by atoms with Gasteiger partial charge in [-0.15, -0.1) is 0 Å². The number of hydrogen-bond acceptors (Lipinski definition) is 9. The van der Waals surface area contributed by atoms with Crippen LogP contribution in [0.4, 0.5) is 18.4 Å². The number of carbonyl (C=O) groups excluding carboxylic acids is 4. The number of aromatic amines is 2. The van der Waals surface area contributed by atoms with E-state index in [-0.39, 0.29) is 52.9 Å². The molecule has 4 amide bonds. The quantitative estimate of drug-likeness (QED) is 0.104. The zero-order valence-electron chi connectivity index (χ0n) is 38.2. The van der Waals surface area contributed by atoms with E-state index in [1.54, 1.807) is 35.4 Å². The zero-order chi connectivity index (χ0) is 47.6. The van der Waals surface area contributed by atoms with Gasteiger partial charge in [-0.1, -0.05) is 60.7 Å². The second kappa shape index (κ2) is 17.7. The summed E-state index contributed by atoms with van der Waals surface area (Å²) in [6.45, 7) is 1.49. The highest BCUT2D eigenvalue weighted by molar-refractivity contribution is 5.90. The number of aromatic nitrogens is 4. The monoisotopic (exact) mass is 938 g/mol. The first-order valence-corrected chi connectivity index (χ1v) is 23.7. The number of ether oxygens (including phenoxy) is 3. The summed E-state index contributed by atoms with van der Waals surface area (Å²) in [5.41, 5.74) is 5.18. The van der Waals surface area contributed by atoms with E-state index in [2.05, 4.69) is 25.6 Å². The molecule has 4 N–H and O–H groups in total. The normalized spacial score (nSPS) is 22.3. The summed E-state index contributed by atoms with van der Waals surface area (Å²) < 4.78 is 48.7. The van der Waals surface area contributed by atoms with Gasteiger partial charge in [-0.05, 0) is 109 Å². The predicted molar refractivity (Wildman–Crippen MR) is 250 cm³/mol. The Bertz CT molecular complexity index is 2970. The number of methoxy groups -OCH3 is 2. The number of H-pyrrole nitrogens is 2. The number of alkyl carbamates (subject to hydrolysis) is 2. The number of benzene rings is 4. The minimum absolute atomic E-state index is 0.00739. The number of alkyl halides is 2. The Labute approximate surface area is 396 Å². The minimum atomic E-state index is -3.30. The molecule has 5 heterocycles. The summed E-state index contributed by atoms with van der Waals surface area (Å²) in [5.74, 6) is -2.49. The van der Waals surface area contributed by atoms with Crippen molar-refractivity contribution in [2.45, 2.75) is 81.1 Å². The second-order valence-corrected chi connectivity index (χ2v) is 18.8. The molecular formula is C52H52F2N8O7. The first-order valence-electron chi connectivity index (χ1n) is 23.7. The molecule has 356 valence electrons. The fourth-order valence-corrected chi connectivity index (χ4v) is 11.6. The van der Waals surface area contributed by atoms with Crippen LogP contribution < -0.4 is 10.6 Å². The third kappa shape index (κ3) is 7.85. The van der Waals surface area contributed by atoms with Crippen molar-refractivity contribution in [2.75, 3.05) is 34.0 Å². The topological polar surface area (TPSA) is 184 Å². The van der Waals surface area contributed by atoms with Crippen LogP contribution in [0.15, 0.2) is 91.1 Å². The van der Waals surface area contributed by atoms with Crippen molar-refractivity contribution < 1.29 is 42.2 Å². The smallest absolute Gasteiger partial charge is 0.407 e. The van der Waals surface area contributed by atoms with E-state index in [1.807, 2.05) is 59.5 Å². The van der Waals surface area contributed by atoms with Crippen molar-refractivity contribution in [3.8, 4) is 33.5 Å².